The van der Waals surface area contributed by atoms with E-state index >= 15 is 0 Å². The number of nitrogens with one attached hydrogen (secondary N) is 1. The molecule has 0 saturated carbocycles. The molecule has 1 amide bonds. The summed E-state index contributed by atoms with van der Waals surface area (Å²) in [5.74, 6) is 1.38. The quantitative estimate of drug-likeness (QED) is 0.687. The van der Waals surface area contributed by atoms with Crippen LogP contribution in [0.2, 0.25) is 0 Å². The zero-order chi connectivity index (χ0) is 20.4. The zero-order valence-electron chi connectivity index (χ0n) is 16.1. The third-order valence-corrected chi connectivity index (χ3v) is 6.82. The SMILES string of the molecule is COc1cc(C(=O)Nc2sc3c(c2C#N)CC[C@@H](C)C3)c(Br)c(OC)c1OC. The highest BCUT2D eigenvalue weighted by Gasteiger charge is 2.27. The maximum absolute atomic E-state index is 13.0. The van der Waals surface area contributed by atoms with Gasteiger partial charge in [0.15, 0.2) is 11.5 Å². The van der Waals surface area contributed by atoms with Crippen molar-refractivity contribution in [2.45, 2.75) is 26.2 Å². The summed E-state index contributed by atoms with van der Waals surface area (Å²) in [6.45, 7) is 2.21. The van der Waals surface area contributed by atoms with Crippen molar-refractivity contribution in [1.29, 1.82) is 5.26 Å². The van der Waals surface area contributed by atoms with Gasteiger partial charge in [0, 0.05) is 4.88 Å². The Kier molecular flexibility index (Phi) is 6.16. The lowest BCUT2D eigenvalue weighted by Crippen LogP contribution is -2.14. The molecule has 0 radical (unpaired) electrons. The Morgan fingerprint density at radius 2 is 2.00 bits per heavy atom. The van der Waals surface area contributed by atoms with Crippen molar-refractivity contribution in [2.24, 2.45) is 5.92 Å². The molecule has 0 unspecified atom stereocenters. The first kappa shape index (κ1) is 20.5. The minimum Gasteiger partial charge on any atom is -0.493 e. The van der Waals surface area contributed by atoms with Crippen molar-refractivity contribution >= 4 is 38.2 Å². The van der Waals surface area contributed by atoms with E-state index in [9.17, 15) is 10.1 Å². The number of carbonyl (C=O) groups excluding carboxylic acids is 1. The molecule has 0 bridgehead atoms. The number of rotatable bonds is 5. The standard InChI is InChI=1S/C20H21BrN2O4S/c1-10-5-6-11-13(9-22)20(28-15(11)7-10)23-19(24)12-8-14(25-2)17(26-3)18(27-4)16(12)21/h8,10H,5-7H2,1-4H3,(H,23,24)/t10-/m1/s1. The molecule has 3 rings (SSSR count). The lowest BCUT2D eigenvalue weighted by Gasteiger charge is -2.17. The van der Waals surface area contributed by atoms with E-state index in [0.29, 0.717) is 43.8 Å². The van der Waals surface area contributed by atoms with Crippen molar-refractivity contribution in [3.05, 3.63) is 32.1 Å². The molecule has 0 saturated heterocycles. The number of hydrogen-bond donors (Lipinski definition) is 1. The van der Waals surface area contributed by atoms with Crippen LogP contribution in [0.1, 0.15) is 39.7 Å². The molecule has 2 aromatic rings. The number of methoxy groups -OCH3 is 3. The molecule has 1 aliphatic rings. The highest BCUT2D eigenvalue weighted by atomic mass is 79.9. The summed E-state index contributed by atoms with van der Waals surface area (Å²) in [6, 6.07) is 3.85. The van der Waals surface area contributed by atoms with E-state index in [1.165, 1.54) is 37.5 Å². The third-order valence-electron chi connectivity index (χ3n) is 4.86. The van der Waals surface area contributed by atoms with Crippen molar-refractivity contribution < 1.29 is 19.0 Å². The molecule has 0 spiro atoms. The maximum atomic E-state index is 13.0. The lowest BCUT2D eigenvalue weighted by atomic mass is 9.88. The van der Waals surface area contributed by atoms with E-state index in [2.05, 4.69) is 34.2 Å². The molecule has 1 N–H and O–H groups in total. The van der Waals surface area contributed by atoms with E-state index in [1.807, 2.05) is 0 Å². The number of nitrogens with zero attached hydrogens (tertiary/aromatic N) is 1. The van der Waals surface area contributed by atoms with Crippen LogP contribution in [0.15, 0.2) is 10.5 Å². The van der Waals surface area contributed by atoms with Crippen LogP contribution in [0, 0.1) is 17.2 Å². The lowest BCUT2D eigenvalue weighted by molar-refractivity contribution is 0.102. The highest BCUT2D eigenvalue weighted by Crippen LogP contribution is 2.45. The van der Waals surface area contributed by atoms with Gasteiger partial charge in [-0.15, -0.1) is 11.3 Å². The Balaban J connectivity index is 2.00. The molecule has 0 aliphatic heterocycles. The first-order valence-corrected chi connectivity index (χ1v) is 10.4. The van der Waals surface area contributed by atoms with E-state index in [-0.39, 0.29) is 5.91 Å². The molecular weight excluding hydrogens is 444 g/mol. The average molecular weight is 465 g/mol. The number of nitriles is 1. The number of hydrogen-bond acceptors (Lipinski definition) is 6. The molecule has 0 fully saturated rings. The van der Waals surface area contributed by atoms with Crippen LogP contribution in [0.3, 0.4) is 0 Å². The molecule has 1 atom stereocenters. The number of benzene rings is 1. The van der Waals surface area contributed by atoms with Crippen LogP contribution in [0.25, 0.3) is 0 Å². The number of carbonyl (C=O) groups is 1. The largest absolute Gasteiger partial charge is 0.493 e. The fourth-order valence-electron chi connectivity index (χ4n) is 3.41. The first-order valence-electron chi connectivity index (χ1n) is 8.79. The number of anilines is 1. The van der Waals surface area contributed by atoms with Gasteiger partial charge in [-0.1, -0.05) is 6.92 Å². The second kappa shape index (κ2) is 8.41. The summed E-state index contributed by atoms with van der Waals surface area (Å²) in [5.41, 5.74) is 1.98. The molecule has 6 nitrogen and oxygen atoms in total. The normalized spacial score (nSPS) is 15.4. The minimum atomic E-state index is -0.353. The minimum absolute atomic E-state index is 0.332. The van der Waals surface area contributed by atoms with Gasteiger partial charge in [-0.05, 0) is 52.7 Å². The first-order chi connectivity index (χ1) is 13.4. The Bertz CT molecular complexity index is 964. The molecule has 1 heterocycles. The van der Waals surface area contributed by atoms with E-state index in [0.717, 1.165) is 24.8 Å². The monoisotopic (exact) mass is 464 g/mol. The van der Waals surface area contributed by atoms with Gasteiger partial charge >= 0.3 is 0 Å². The molecule has 148 valence electrons. The van der Waals surface area contributed by atoms with Crippen LogP contribution >= 0.6 is 27.3 Å². The Morgan fingerprint density at radius 1 is 1.29 bits per heavy atom. The Hall–Kier alpha value is -2.24. The topological polar surface area (TPSA) is 80.6 Å². The average Bonchev–Trinajstić information content (AvgIpc) is 3.02. The molecule has 1 aromatic carbocycles. The van der Waals surface area contributed by atoms with Gasteiger partial charge in [-0.2, -0.15) is 5.26 Å². The van der Waals surface area contributed by atoms with Crippen LogP contribution in [-0.2, 0) is 12.8 Å². The van der Waals surface area contributed by atoms with E-state index in [1.54, 1.807) is 6.07 Å². The highest BCUT2D eigenvalue weighted by molar-refractivity contribution is 9.10. The molecule has 1 aliphatic carbocycles. The summed E-state index contributed by atoms with van der Waals surface area (Å²) in [6.07, 6.45) is 2.88. The van der Waals surface area contributed by atoms with Crippen molar-refractivity contribution in [1.82, 2.24) is 0 Å². The van der Waals surface area contributed by atoms with Gasteiger partial charge < -0.3 is 19.5 Å². The smallest absolute Gasteiger partial charge is 0.257 e. The second-order valence-electron chi connectivity index (χ2n) is 6.63. The number of fused-ring (bicyclic) bond motifs is 1. The Labute approximate surface area is 176 Å². The van der Waals surface area contributed by atoms with Crippen LogP contribution in [0.4, 0.5) is 5.00 Å². The van der Waals surface area contributed by atoms with Crippen molar-refractivity contribution in [2.75, 3.05) is 26.6 Å². The van der Waals surface area contributed by atoms with Crippen molar-refractivity contribution in [3.8, 4) is 23.3 Å². The van der Waals surface area contributed by atoms with E-state index < -0.39 is 0 Å². The second-order valence-corrected chi connectivity index (χ2v) is 8.53. The molecule has 8 heteroatoms. The van der Waals surface area contributed by atoms with Crippen LogP contribution in [0.5, 0.6) is 17.2 Å². The Morgan fingerprint density at radius 3 is 2.61 bits per heavy atom. The van der Waals surface area contributed by atoms with Gasteiger partial charge in [-0.3, -0.25) is 4.79 Å². The number of halogens is 1. The summed E-state index contributed by atoms with van der Waals surface area (Å²) < 4.78 is 16.5. The summed E-state index contributed by atoms with van der Waals surface area (Å²) >= 11 is 4.92. The van der Waals surface area contributed by atoms with Gasteiger partial charge in [-0.25, -0.2) is 0 Å². The number of amides is 1. The number of ether oxygens (including phenoxy) is 3. The van der Waals surface area contributed by atoms with Gasteiger partial charge in [0.1, 0.15) is 11.1 Å². The van der Waals surface area contributed by atoms with Gasteiger partial charge in [0.05, 0.1) is 36.9 Å². The zero-order valence-corrected chi connectivity index (χ0v) is 18.5. The van der Waals surface area contributed by atoms with Crippen molar-refractivity contribution in [3.63, 3.8) is 0 Å². The molecule has 28 heavy (non-hydrogen) atoms. The van der Waals surface area contributed by atoms with Gasteiger partial charge in [0.2, 0.25) is 5.75 Å². The molecular formula is C20H21BrN2O4S. The fourth-order valence-corrected chi connectivity index (χ4v) is 5.41. The maximum Gasteiger partial charge on any atom is 0.257 e. The summed E-state index contributed by atoms with van der Waals surface area (Å²) in [7, 11) is 4.49. The summed E-state index contributed by atoms with van der Waals surface area (Å²) in [5, 5.41) is 13.1. The fraction of sp³-hybridized carbons (Fsp3) is 0.400. The predicted molar refractivity (Wildman–Crippen MR) is 112 cm³/mol. The molecule has 1 aromatic heterocycles. The third kappa shape index (κ3) is 3.56. The van der Waals surface area contributed by atoms with Crippen LogP contribution < -0.4 is 19.5 Å². The van der Waals surface area contributed by atoms with Crippen LogP contribution in [-0.4, -0.2) is 27.2 Å². The predicted octanol–water partition coefficient (Wildman–Crippen LogP) is 4.79. The summed E-state index contributed by atoms with van der Waals surface area (Å²) in [4.78, 5) is 14.2. The van der Waals surface area contributed by atoms with Gasteiger partial charge in [0.25, 0.3) is 5.91 Å². The number of thiophene rings is 1. The van der Waals surface area contributed by atoms with E-state index in [4.69, 9.17) is 14.2 Å².